The third-order valence-corrected chi connectivity index (χ3v) is 6.19. The lowest BCUT2D eigenvalue weighted by atomic mass is 10.1. The molecule has 1 aromatic carbocycles. The number of nitrogens with one attached hydrogen (secondary N) is 1. The topological polar surface area (TPSA) is 72.2 Å². The molecule has 1 aliphatic rings. The fourth-order valence-electron chi connectivity index (χ4n) is 2.26. The molecule has 0 atom stereocenters. The van der Waals surface area contributed by atoms with Gasteiger partial charge in [0.2, 0.25) is 10.0 Å². The number of benzene rings is 1. The van der Waals surface area contributed by atoms with Crippen LogP contribution in [0.1, 0.15) is 24.0 Å². The summed E-state index contributed by atoms with van der Waals surface area (Å²) in [5.74, 6) is 2.02. The van der Waals surface area contributed by atoms with Crippen LogP contribution in [0.15, 0.2) is 17.0 Å². The lowest BCUT2D eigenvalue weighted by Crippen LogP contribution is -2.37. The predicted octanol–water partition coefficient (Wildman–Crippen LogP) is 2.06. The Bertz CT molecular complexity index is 564. The van der Waals surface area contributed by atoms with E-state index in [-0.39, 0.29) is 10.9 Å². The molecule has 0 aliphatic carbocycles. The summed E-state index contributed by atoms with van der Waals surface area (Å²) in [5.41, 5.74) is 7.80. The Balaban J connectivity index is 2.31. The van der Waals surface area contributed by atoms with Crippen molar-refractivity contribution in [3.8, 4) is 0 Å². The Labute approximate surface area is 119 Å². The second-order valence-corrected chi connectivity index (χ2v) is 7.83. The van der Waals surface area contributed by atoms with Crippen molar-refractivity contribution >= 4 is 27.5 Å². The molecular weight excluding hydrogens is 280 g/mol. The Hall–Kier alpha value is -0.720. The number of nitrogen functional groups attached to an aromatic ring is 1. The van der Waals surface area contributed by atoms with Crippen LogP contribution in [-0.4, -0.2) is 26.0 Å². The van der Waals surface area contributed by atoms with Crippen molar-refractivity contribution < 1.29 is 8.42 Å². The van der Waals surface area contributed by atoms with Gasteiger partial charge in [0.25, 0.3) is 0 Å². The molecule has 1 aliphatic heterocycles. The van der Waals surface area contributed by atoms with E-state index >= 15 is 0 Å². The van der Waals surface area contributed by atoms with Crippen LogP contribution < -0.4 is 10.5 Å². The fourth-order valence-corrected chi connectivity index (χ4v) is 5.10. The van der Waals surface area contributed by atoms with Crippen LogP contribution in [0.25, 0.3) is 0 Å². The smallest absolute Gasteiger partial charge is 0.243 e. The standard InChI is InChI=1S/C13H20N2O2S2/c1-9-3-4-10(2)13(12(9)14)19(16,17)15-11-5-7-18-8-6-11/h3-4,11,15H,5-8,14H2,1-2H3. The molecule has 0 amide bonds. The van der Waals surface area contributed by atoms with Gasteiger partial charge in [-0.25, -0.2) is 13.1 Å². The Kier molecular flexibility index (Phi) is 4.43. The number of aryl methyl sites for hydroxylation is 2. The van der Waals surface area contributed by atoms with E-state index in [2.05, 4.69) is 4.72 Å². The normalized spacial score (nSPS) is 17.6. The first-order valence-corrected chi connectivity index (χ1v) is 9.01. The lowest BCUT2D eigenvalue weighted by Gasteiger charge is -2.23. The Morgan fingerprint density at radius 3 is 2.42 bits per heavy atom. The molecule has 106 valence electrons. The molecule has 0 bridgehead atoms. The molecule has 19 heavy (non-hydrogen) atoms. The Morgan fingerprint density at radius 2 is 1.79 bits per heavy atom. The van der Waals surface area contributed by atoms with Crippen molar-refractivity contribution in [2.45, 2.75) is 37.6 Å². The highest BCUT2D eigenvalue weighted by atomic mass is 32.2. The van der Waals surface area contributed by atoms with E-state index in [4.69, 9.17) is 5.73 Å². The van der Waals surface area contributed by atoms with Crippen LogP contribution >= 0.6 is 11.8 Å². The fraction of sp³-hybridized carbons (Fsp3) is 0.538. The van der Waals surface area contributed by atoms with Gasteiger partial charge in [-0.3, -0.25) is 0 Å². The second kappa shape index (κ2) is 5.73. The summed E-state index contributed by atoms with van der Waals surface area (Å²) in [6.07, 6.45) is 1.77. The zero-order valence-electron chi connectivity index (χ0n) is 11.3. The van der Waals surface area contributed by atoms with Crippen molar-refractivity contribution in [3.63, 3.8) is 0 Å². The molecule has 3 N–H and O–H groups in total. The first kappa shape index (κ1) is 14.7. The molecule has 6 heteroatoms. The van der Waals surface area contributed by atoms with Crippen LogP contribution in [0.2, 0.25) is 0 Å². The van der Waals surface area contributed by atoms with E-state index in [0.717, 1.165) is 29.9 Å². The minimum absolute atomic E-state index is 0.0329. The molecule has 1 aromatic rings. The van der Waals surface area contributed by atoms with Gasteiger partial charge in [0.15, 0.2) is 0 Å². The molecule has 0 radical (unpaired) electrons. The molecule has 0 spiro atoms. The van der Waals surface area contributed by atoms with Gasteiger partial charge in [-0.15, -0.1) is 0 Å². The summed E-state index contributed by atoms with van der Waals surface area (Å²) in [4.78, 5) is 0.241. The van der Waals surface area contributed by atoms with Gasteiger partial charge < -0.3 is 5.73 Å². The number of hydrogen-bond acceptors (Lipinski definition) is 4. The number of rotatable bonds is 3. The van der Waals surface area contributed by atoms with E-state index < -0.39 is 10.0 Å². The van der Waals surface area contributed by atoms with E-state index in [9.17, 15) is 8.42 Å². The molecule has 0 saturated carbocycles. The zero-order chi connectivity index (χ0) is 14.0. The molecule has 1 heterocycles. The van der Waals surface area contributed by atoms with Crippen molar-refractivity contribution in [2.24, 2.45) is 0 Å². The molecule has 0 unspecified atom stereocenters. The summed E-state index contributed by atoms with van der Waals surface area (Å²) in [7, 11) is -3.53. The van der Waals surface area contributed by atoms with Crippen LogP contribution in [0, 0.1) is 13.8 Å². The van der Waals surface area contributed by atoms with Gasteiger partial charge in [-0.1, -0.05) is 12.1 Å². The molecule has 0 aromatic heterocycles. The minimum atomic E-state index is -3.53. The van der Waals surface area contributed by atoms with Crippen molar-refractivity contribution in [2.75, 3.05) is 17.2 Å². The molecule has 4 nitrogen and oxygen atoms in total. The van der Waals surface area contributed by atoms with Crippen molar-refractivity contribution in [1.29, 1.82) is 0 Å². The van der Waals surface area contributed by atoms with Gasteiger partial charge >= 0.3 is 0 Å². The zero-order valence-corrected chi connectivity index (χ0v) is 12.9. The van der Waals surface area contributed by atoms with Gasteiger partial charge in [-0.2, -0.15) is 11.8 Å². The third-order valence-electron chi connectivity index (χ3n) is 3.42. The molecule has 2 rings (SSSR count). The summed E-state index contributed by atoms with van der Waals surface area (Å²) in [6.45, 7) is 3.60. The Morgan fingerprint density at radius 1 is 1.21 bits per heavy atom. The summed E-state index contributed by atoms with van der Waals surface area (Å²) < 4.78 is 27.8. The molecular formula is C13H20N2O2S2. The van der Waals surface area contributed by atoms with Gasteiger partial charge in [0.05, 0.1) is 5.69 Å². The number of anilines is 1. The number of nitrogens with two attached hydrogens (primary N) is 1. The highest BCUT2D eigenvalue weighted by Gasteiger charge is 2.25. The number of thioether (sulfide) groups is 1. The van der Waals surface area contributed by atoms with Crippen LogP contribution in [0.5, 0.6) is 0 Å². The maximum Gasteiger partial charge on any atom is 0.243 e. The van der Waals surface area contributed by atoms with E-state index in [1.54, 1.807) is 13.0 Å². The third kappa shape index (κ3) is 3.24. The maximum absolute atomic E-state index is 12.5. The van der Waals surface area contributed by atoms with Crippen LogP contribution in [0.3, 0.4) is 0 Å². The van der Waals surface area contributed by atoms with E-state index in [0.29, 0.717) is 11.3 Å². The highest BCUT2D eigenvalue weighted by molar-refractivity contribution is 7.99. The van der Waals surface area contributed by atoms with Crippen LogP contribution in [-0.2, 0) is 10.0 Å². The van der Waals surface area contributed by atoms with Crippen molar-refractivity contribution in [1.82, 2.24) is 4.72 Å². The average molecular weight is 300 g/mol. The maximum atomic E-state index is 12.5. The predicted molar refractivity (Wildman–Crippen MR) is 81.0 cm³/mol. The number of sulfonamides is 1. The monoisotopic (exact) mass is 300 g/mol. The number of hydrogen-bond donors (Lipinski definition) is 2. The van der Waals surface area contributed by atoms with Crippen LogP contribution in [0.4, 0.5) is 5.69 Å². The molecule has 1 fully saturated rings. The van der Waals surface area contributed by atoms with E-state index in [1.807, 2.05) is 24.8 Å². The largest absolute Gasteiger partial charge is 0.397 e. The quantitative estimate of drug-likeness (QED) is 0.838. The first-order chi connectivity index (χ1) is 8.92. The summed E-state index contributed by atoms with van der Waals surface area (Å²) in [5, 5.41) is 0. The summed E-state index contributed by atoms with van der Waals surface area (Å²) in [6, 6.07) is 3.68. The van der Waals surface area contributed by atoms with Crippen molar-refractivity contribution in [3.05, 3.63) is 23.3 Å². The summed E-state index contributed by atoms with van der Waals surface area (Å²) >= 11 is 1.87. The average Bonchev–Trinajstić information content (AvgIpc) is 2.35. The SMILES string of the molecule is Cc1ccc(C)c(S(=O)(=O)NC2CCSCC2)c1N. The highest BCUT2D eigenvalue weighted by Crippen LogP contribution is 2.27. The second-order valence-electron chi connectivity index (χ2n) is 4.95. The van der Waals surface area contributed by atoms with Gasteiger partial charge in [0.1, 0.15) is 4.90 Å². The molecule has 1 saturated heterocycles. The van der Waals surface area contributed by atoms with E-state index in [1.165, 1.54) is 0 Å². The van der Waals surface area contributed by atoms with Gasteiger partial charge in [0, 0.05) is 6.04 Å². The first-order valence-electron chi connectivity index (χ1n) is 6.37. The van der Waals surface area contributed by atoms with Gasteiger partial charge in [-0.05, 0) is 49.3 Å². The minimum Gasteiger partial charge on any atom is -0.397 e. The lowest BCUT2D eigenvalue weighted by molar-refractivity contribution is 0.528.